The molecule has 0 saturated carbocycles. The molecule has 0 spiro atoms. The van der Waals surface area contributed by atoms with E-state index < -0.39 is 0 Å². The molecule has 0 heterocycles. The van der Waals surface area contributed by atoms with E-state index in [0.29, 0.717) is 16.3 Å². The Balaban J connectivity index is 2.36. The number of ether oxygens (including phenoxy) is 1. The van der Waals surface area contributed by atoms with Crippen molar-refractivity contribution < 1.29 is 9.53 Å². The Morgan fingerprint density at radius 2 is 1.80 bits per heavy atom. The van der Waals surface area contributed by atoms with Crippen LogP contribution in [0.15, 0.2) is 42.5 Å². The van der Waals surface area contributed by atoms with Gasteiger partial charge in [-0.3, -0.25) is 4.79 Å². The minimum atomic E-state index is -0.0108. The van der Waals surface area contributed by atoms with Gasteiger partial charge in [-0.15, -0.1) is 0 Å². The highest BCUT2D eigenvalue weighted by atomic mass is 35.5. The summed E-state index contributed by atoms with van der Waals surface area (Å²) in [4.78, 5) is 10.8. The molecule has 0 aromatic heterocycles. The molecule has 0 atom stereocenters. The largest absolute Gasteiger partial charge is 0.457 e. The SMILES string of the molecule is CC(C)(C)c1ccccc1Oc1ccc(C=O)c(Cl)c1. The second kappa shape index (κ2) is 5.68. The third kappa shape index (κ3) is 3.20. The van der Waals surface area contributed by atoms with Gasteiger partial charge in [0.15, 0.2) is 6.29 Å². The molecule has 0 fully saturated rings. The van der Waals surface area contributed by atoms with Gasteiger partial charge in [0.25, 0.3) is 0 Å². The maximum Gasteiger partial charge on any atom is 0.151 e. The average molecular weight is 289 g/mol. The van der Waals surface area contributed by atoms with Crippen LogP contribution in [0.3, 0.4) is 0 Å². The van der Waals surface area contributed by atoms with Gasteiger partial charge in [-0.05, 0) is 23.6 Å². The van der Waals surface area contributed by atoms with Crippen LogP contribution in [-0.2, 0) is 5.41 Å². The molecule has 0 N–H and O–H groups in total. The fourth-order valence-electron chi connectivity index (χ4n) is 1.97. The third-order valence-electron chi connectivity index (χ3n) is 3.02. The predicted molar refractivity (Wildman–Crippen MR) is 82.1 cm³/mol. The van der Waals surface area contributed by atoms with Crippen molar-refractivity contribution >= 4 is 17.9 Å². The van der Waals surface area contributed by atoms with E-state index in [1.807, 2.05) is 18.2 Å². The number of para-hydroxylation sites is 1. The number of hydrogen-bond donors (Lipinski definition) is 0. The van der Waals surface area contributed by atoms with Crippen LogP contribution in [0.2, 0.25) is 5.02 Å². The molecular weight excluding hydrogens is 272 g/mol. The highest BCUT2D eigenvalue weighted by Crippen LogP contribution is 2.34. The lowest BCUT2D eigenvalue weighted by molar-refractivity contribution is 0.112. The first-order chi connectivity index (χ1) is 9.41. The first-order valence-corrected chi connectivity index (χ1v) is 6.81. The van der Waals surface area contributed by atoms with Crippen LogP contribution >= 0.6 is 11.6 Å². The summed E-state index contributed by atoms with van der Waals surface area (Å²) >= 11 is 6.01. The summed E-state index contributed by atoms with van der Waals surface area (Å²) in [5.74, 6) is 1.42. The molecule has 0 amide bonds. The Hall–Kier alpha value is -1.80. The zero-order valence-electron chi connectivity index (χ0n) is 11.8. The summed E-state index contributed by atoms with van der Waals surface area (Å²) in [6.45, 7) is 6.41. The molecule has 2 aromatic rings. The first kappa shape index (κ1) is 14.6. The number of halogens is 1. The maximum absolute atomic E-state index is 10.8. The van der Waals surface area contributed by atoms with Crippen LogP contribution in [0.4, 0.5) is 0 Å². The molecule has 0 bridgehead atoms. The summed E-state index contributed by atoms with van der Waals surface area (Å²) in [6, 6.07) is 13.0. The molecule has 0 aliphatic carbocycles. The minimum absolute atomic E-state index is 0.0108. The molecule has 2 nitrogen and oxygen atoms in total. The number of carbonyl (C=O) groups is 1. The number of rotatable bonds is 3. The summed E-state index contributed by atoms with van der Waals surface area (Å²) in [5, 5.41) is 0.394. The quantitative estimate of drug-likeness (QED) is 0.722. The van der Waals surface area contributed by atoms with Gasteiger partial charge in [-0.25, -0.2) is 0 Å². The Labute approximate surface area is 124 Å². The van der Waals surface area contributed by atoms with Crippen LogP contribution in [0, 0.1) is 0 Å². The van der Waals surface area contributed by atoms with E-state index in [9.17, 15) is 4.79 Å². The van der Waals surface area contributed by atoms with Crippen molar-refractivity contribution in [1.29, 1.82) is 0 Å². The summed E-state index contributed by atoms with van der Waals surface area (Å²) in [7, 11) is 0. The van der Waals surface area contributed by atoms with Gasteiger partial charge in [0.05, 0.1) is 5.02 Å². The normalized spacial score (nSPS) is 11.2. The van der Waals surface area contributed by atoms with Crippen LogP contribution in [0.5, 0.6) is 11.5 Å². The Bertz CT molecular complexity index is 627. The van der Waals surface area contributed by atoms with Crippen molar-refractivity contribution in [1.82, 2.24) is 0 Å². The van der Waals surface area contributed by atoms with Crippen LogP contribution in [-0.4, -0.2) is 6.29 Å². The Morgan fingerprint density at radius 1 is 1.10 bits per heavy atom. The van der Waals surface area contributed by atoms with Crippen molar-refractivity contribution in [2.24, 2.45) is 0 Å². The van der Waals surface area contributed by atoms with Gasteiger partial charge >= 0.3 is 0 Å². The molecule has 104 valence electrons. The molecule has 2 rings (SSSR count). The van der Waals surface area contributed by atoms with Crippen molar-refractivity contribution in [2.75, 3.05) is 0 Å². The molecule has 20 heavy (non-hydrogen) atoms. The van der Waals surface area contributed by atoms with Crippen LogP contribution < -0.4 is 4.74 Å². The average Bonchev–Trinajstić information content (AvgIpc) is 2.38. The summed E-state index contributed by atoms with van der Waals surface area (Å²) in [5.41, 5.74) is 1.57. The summed E-state index contributed by atoms with van der Waals surface area (Å²) < 4.78 is 5.92. The van der Waals surface area contributed by atoms with Crippen molar-refractivity contribution in [3.63, 3.8) is 0 Å². The van der Waals surface area contributed by atoms with E-state index in [1.165, 1.54) is 0 Å². The van der Waals surface area contributed by atoms with E-state index >= 15 is 0 Å². The van der Waals surface area contributed by atoms with E-state index in [2.05, 4.69) is 26.8 Å². The van der Waals surface area contributed by atoms with Crippen molar-refractivity contribution in [3.8, 4) is 11.5 Å². The third-order valence-corrected chi connectivity index (χ3v) is 3.35. The second-order valence-electron chi connectivity index (χ2n) is 5.65. The Kier molecular flexibility index (Phi) is 4.15. The molecule has 2 aromatic carbocycles. The molecule has 0 aliphatic rings. The fraction of sp³-hybridized carbons (Fsp3) is 0.235. The molecule has 0 radical (unpaired) electrons. The van der Waals surface area contributed by atoms with Crippen LogP contribution in [0.1, 0.15) is 36.7 Å². The molecule has 0 aliphatic heterocycles. The second-order valence-corrected chi connectivity index (χ2v) is 6.06. The van der Waals surface area contributed by atoms with Crippen molar-refractivity contribution in [2.45, 2.75) is 26.2 Å². The van der Waals surface area contributed by atoms with E-state index in [1.54, 1.807) is 18.2 Å². The van der Waals surface area contributed by atoms with E-state index in [4.69, 9.17) is 16.3 Å². The number of aldehydes is 1. The van der Waals surface area contributed by atoms with Gasteiger partial charge in [-0.1, -0.05) is 50.6 Å². The zero-order chi connectivity index (χ0) is 14.8. The van der Waals surface area contributed by atoms with Crippen molar-refractivity contribution in [3.05, 3.63) is 58.6 Å². The van der Waals surface area contributed by atoms with E-state index in [0.717, 1.165) is 17.6 Å². The molecular formula is C17H17ClO2. The van der Waals surface area contributed by atoms with Gasteiger partial charge in [0, 0.05) is 17.2 Å². The molecule has 3 heteroatoms. The number of benzene rings is 2. The Morgan fingerprint density at radius 3 is 2.40 bits per heavy atom. The number of carbonyl (C=O) groups excluding carboxylic acids is 1. The van der Waals surface area contributed by atoms with E-state index in [-0.39, 0.29) is 5.41 Å². The molecule has 0 saturated heterocycles. The van der Waals surface area contributed by atoms with Gasteiger partial charge in [-0.2, -0.15) is 0 Å². The summed E-state index contributed by atoms with van der Waals surface area (Å²) in [6.07, 6.45) is 0.731. The fourth-order valence-corrected chi connectivity index (χ4v) is 2.18. The highest BCUT2D eigenvalue weighted by Gasteiger charge is 2.18. The monoisotopic (exact) mass is 288 g/mol. The van der Waals surface area contributed by atoms with Gasteiger partial charge in [0.2, 0.25) is 0 Å². The highest BCUT2D eigenvalue weighted by molar-refractivity contribution is 6.33. The lowest BCUT2D eigenvalue weighted by Gasteiger charge is -2.22. The smallest absolute Gasteiger partial charge is 0.151 e. The topological polar surface area (TPSA) is 26.3 Å². The number of hydrogen-bond acceptors (Lipinski definition) is 2. The lowest BCUT2D eigenvalue weighted by atomic mass is 9.86. The van der Waals surface area contributed by atoms with Crippen LogP contribution in [0.25, 0.3) is 0 Å². The standard InChI is InChI=1S/C17H17ClO2/c1-17(2,3)14-6-4-5-7-16(14)20-13-9-8-12(11-19)15(18)10-13/h4-11H,1-3H3. The van der Waals surface area contributed by atoms with Gasteiger partial charge in [0.1, 0.15) is 11.5 Å². The zero-order valence-corrected chi connectivity index (χ0v) is 12.6. The van der Waals surface area contributed by atoms with Gasteiger partial charge < -0.3 is 4.74 Å². The predicted octanol–water partition coefficient (Wildman–Crippen LogP) is 5.24. The minimum Gasteiger partial charge on any atom is -0.457 e. The first-order valence-electron chi connectivity index (χ1n) is 6.44. The molecule has 0 unspecified atom stereocenters. The maximum atomic E-state index is 10.8. The lowest BCUT2D eigenvalue weighted by Crippen LogP contribution is -2.12.